The molecule has 3 heterocycles. The molecule has 0 bridgehead atoms. The Kier molecular flexibility index (Phi) is 37.1. The number of carboxylic acid groups (broad SMARTS) is 2. The Labute approximate surface area is 613 Å². The highest BCUT2D eigenvalue weighted by Crippen LogP contribution is 2.28. The van der Waals surface area contributed by atoms with Crippen LogP contribution in [0.2, 0.25) is 0 Å². The van der Waals surface area contributed by atoms with Gasteiger partial charge in [-0.25, -0.2) is 4.79 Å². The maximum Gasteiger partial charge on any atom is 0.326 e. The number of nitrogens with one attached hydrogen (secondary N) is 10. The van der Waals surface area contributed by atoms with Crippen molar-refractivity contribution in [3.05, 3.63) is 35.9 Å². The minimum Gasteiger partial charge on any atom is -0.481 e. The third-order valence-electron chi connectivity index (χ3n) is 18.8. The summed E-state index contributed by atoms with van der Waals surface area (Å²) in [6, 6.07) is -11.1. The minimum absolute atomic E-state index is 0.00248. The van der Waals surface area contributed by atoms with Gasteiger partial charge in [-0.1, -0.05) is 70.9 Å². The Bertz CT molecular complexity index is 3240. The molecule has 0 aliphatic carbocycles. The molecule has 3 fully saturated rings. The van der Waals surface area contributed by atoms with E-state index in [2.05, 4.69) is 58.2 Å². The van der Waals surface area contributed by atoms with E-state index in [0.29, 0.717) is 31.2 Å². The lowest BCUT2D eigenvalue weighted by molar-refractivity contribution is -0.149. The molecule has 13 amide bonds. The number of aliphatic hydroxyl groups excluding tert-OH is 4. The summed E-state index contributed by atoms with van der Waals surface area (Å²) in [6.45, 7) is 4.59. The van der Waals surface area contributed by atoms with Gasteiger partial charge in [0.1, 0.15) is 78.5 Å². The smallest absolute Gasteiger partial charge is 0.326 e. The Hall–Kier alpha value is -9.70. The predicted octanol–water partition coefficient (Wildman–Crippen LogP) is -7.80. The van der Waals surface area contributed by atoms with Crippen LogP contribution in [0.15, 0.2) is 35.3 Å². The molecule has 0 aromatic heterocycles. The third-order valence-corrected chi connectivity index (χ3v) is 18.8. The average molecular weight is 1500 g/mol. The van der Waals surface area contributed by atoms with Gasteiger partial charge in [0.05, 0.1) is 38.9 Å². The van der Waals surface area contributed by atoms with Crippen LogP contribution in [0.3, 0.4) is 0 Å². The molecule has 39 nitrogen and oxygen atoms in total. The van der Waals surface area contributed by atoms with Crippen LogP contribution in [0, 0.1) is 11.8 Å². The second-order valence-corrected chi connectivity index (χ2v) is 26.6. The molecular weight excluding hydrogens is 1390 g/mol. The second-order valence-electron chi connectivity index (χ2n) is 26.6. The van der Waals surface area contributed by atoms with E-state index in [1.165, 1.54) is 9.80 Å². The molecule has 0 unspecified atom stereocenters. The molecule has 1 aromatic rings. The summed E-state index contributed by atoms with van der Waals surface area (Å²) in [4.78, 5) is 212. The molecule has 106 heavy (non-hydrogen) atoms. The molecular formula is C67H108N18O21. The number of hydrogen-bond donors (Lipinski definition) is 20. The van der Waals surface area contributed by atoms with Crippen molar-refractivity contribution in [3.63, 3.8) is 0 Å². The Morgan fingerprint density at radius 1 is 0.500 bits per heavy atom. The van der Waals surface area contributed by atoms with Crippen LogP contribution in [0.5, 0.6) is 0 Å². The number of amides is 13. The SMILES string of the molecule is CC[C@H](C)[C@H](NC(=O)[C@@H]1CCCN1C(=O)[C@@H]1CCCN1C(=O)[C@@H](NC(=O)[C@H](CO)NC(=O)[C@H](CCCCN)NC(=O)[C@@H](NC(=O)[C@H](CO)NC(=O)[C@H](CCCN=C(N)N)NC(=O)CN)[C@@H](C)O)[C@@H](C)CC)C(=O)N[C@@H](CO)C(=O)N[C@@H](Cc1ccccc1)C(=O)N1CCC[C@H]1C(=O)N[C@@H](CC(=O)O)C(=O)O. The maximum atomic E-state index is 14.8. The molecule has 592 valence electrons. The summed E-state index contributed by atoms with van der Waals surface area (Å²) in [5.41, 5.74) is 22.4. The van der Waals surface area contributed by atoms with E-state index in [-0.39, 0.29) is 103 Å². The summed E-state index contributed by atoms with van der Waals surface area (Å²) < 4.78 is 0. The molecule has 0 saturated carbocycles. The summed E-state index contributed by atoms with van der Waals surface area (Å²) >= 11 is 0. The van der Waals surface area contributed by atoms with Crippen LogP contribution >= 0.6 is 0 Å². The number of rotatable bonds is 44. The molecule has 0 spiro atoms. The van der Waals surface area contributed by atoms with E-state index in [1.807, 2.05) is 0 Å². The van der Waals surface area contributed by atoms with Crippen LogP contribution in [-0.4, -0.2) is 284 Å². The number of hydrogen-bond acceptors (Lipinski definition) is 22. The van der Waals surface area contributed by atoms with Crippen molar-refractivity contribution >= 4 is 94.7 Å². The zero-order valence-corrected chi connectivity index (χ0v) is 60.5. The zero-order chi connectivity index (χ0) is 79.1. The van der Waals surface area contributed by atoms with Gasteiger partial charge < -0.3 is 121 Å². The molecule has 1 aromatic carbocycles. The van der Waals surface area contributed by atoms with Gasteiger partial charge in [0, 0.05) is 32.6 Å². The lowest BCUT2D eigenvalue weighted by Crippen LogP contribution is -2.63. The van der Waals surface area contributed by atoms with Crippen molar-refractivity contribution in [1.29, 1.82) is 0 Å². The fourth-order valence-electron chi connectivity index (χ4n) is 12.4. The molecule has 39 heteroatoms. The number of aliphatic hydroxyl groups is 4. The number of carbonyl (C=O) groups excluding carboxylic acids is 13. The lowest BCUT2D eigenvalue weighted by Gasteiger charge is -2.35. The highest BCUT2D eigenvalue weighted by Gasteiger charge is 2.47. The first kappa shape index (κ1) is 88.7. The van der Waals surface area contributed by atoms with E-state index in [1.54, 1.807) is 58.0 Å². The number of carboxylic acids is 2. The average Bonchev–Trinajstić information content (AvgIpc) is 1.62. The molecule has 3 aliphatic rings. The molecule has 16 atom stereocenters. The zero-order valence-electron chi connectivity index (χ0n) is 60.5. The quantitative estimate of drug-likeness (QED) is 0.0164. The number of carbonyl (C=O) groups is 15. The largest absolute Gasteiger partial charge is 0.481 e. The van der Waals surface area contributed by atoms with Gasteiger partial charge in [0.25, 0.3) is 0 Å². The van der Waals surface area contributed by atoms with Gasteiger partial charge >= 0.3 is 11.9 Å². The number of aliphatic imine (C=N–C) groups is 1. The van der Waals surface area contributed by atoms with Gasteiger partial charge in [-0.3, -0.25) is 72.1 Å². The van der Waals surface area contributed by atoms with Crippen molar-refractivity contribution in [1.82, 2.24) is 67.9 Å². The van der Waals surface area contributed by atoms with Gasteiger partial charge in [0.15, 0.2) is 5.96 Å². The summed E-state index contributed by atoms with van der Waals surface area (Å²) in [5.74, 6) is -16.4. The molecule has 4 rings (SSSR count). The van der Waals surface area contributed by atoms with Crippen molar-refractivity contribution in [2.24, 2.45) is 39.8 Å². The molecule has 24 N–H and O–H groups in total. The lowest BCUT2D eigenvalue weighted by atomic mass is 9.96. The van der Waals surface area contributed by atoms with Crippen LogP contribution in [-0.2, 0) is 78.3 Å². The number of unbranched alkanes of at least 4 members (excludes halogenated alkanes) is 1. The fraction of sp³-hybridized carbons (Fsp3) is 0.672. The number of nitrogens with zero attached hydrogens (tertiary/aromatic N) is 4. The van der Waals surface area contributed by atoms with E-state index in [9.17, 15) is 103 Å². The van der Waals surface area contributed by atoms with Crippen LogP contribution in [0.25, 0.3) is 0 Å². The van der Waals surface area contributed by atoms with Crippen molar-refractivity contribution in [2.45, 2.75) is 216 Å². The van der Waals surface area contributed by atoms with Crippen molar-refractivity contribution in [2.75, 3.05) is 59.1 Å². The normalized spacial score (nSPS) is 19.2. The van der Waals surface area contributed by atoms with Crippen molar-refractivity contribution in [3.8, 4) is 0 Å². The van der Waals surface area contributed by atoms with E-state index in [4.69, 9.17) is 22.9 Å². The van der Waals surface area contributed by atoms with Crippen LogP contribution < -0.4 is 76.1 Å². The minimum atomic E-state index is -1.85. The third kappa shape index (κ3) is 26.4. The number of likely N-dealkylation sites (tertiary alicyclic amines) is 3. The maximum absolute atomic E-state index is 14.8. The number of aliphatic carboxylic acids is 2. The number of guanidine groups is 1. The van der Waals surface area contributed by atoms with Gasteiger partial charge in [-0.05, 0) is 101 Å². The summed E-state index contributed by atoms with van der Waals surface area (Å²) in [7, 11) is 0. The predicted molar refractivity (Wildman–Crippen MR) is 377 cm³/mol. The first-order valence-electron chi connectivity index (χ1n) is 35.7. The van der Waals surface area contributed by atoms with Gasteiger partial charge in [-0.15, -0.1) is 0 Å². The monoisotopic (exact) mass is 1500 g/mol. The van der Waals surface area contributed by atoms with E-state index < -0.39 is 218 Å². The van der Waals surface area contributed by atoms with Gasteiger partial charge in [-0.2, -0.15) is 0 Å². The van der Waals surface area contributed by atoms with Crippen molar-refractivity contribution < 1.29 is 103 Å². The Balaban J connectivity index is 1.48. The standard InChI is InChI=1S/C67H108N18O21/c1-6-35(3)51(61(100)79-43(32-86)56(95)75-41(29-38-17-9-8-10-18-38)63(102)83-26-14-21-46(83)59(98)76-42(66(105)106)30-50(91)92)80-60(99)47-22-15-27-84(47)64(103)48-23-16-28-85(48)65(104)52(36(4)7-2)81-57(96)44(33-87)78-55(94)40(19-11-12-24-68)74-62(101)53(37(5)89)82-58(97)45(34-88)77-54(93)39(73-49(90)31-69)20-13-25-72-67(70)71/h8-10,17-18,35-37,39-48,51-53,86-89H,6-7,11-16,19-34,68-69H2,1-5H3,(H,73,90)(H,74,101)(H,75,95)(H,76,98)(H,77,93)(H,78,94)(H,79,100)(H,80,99)(H,81,96)(H,82,97)(H,91,92)(H,105,106)(H4,70,71,72)/t35-,36-,37+,39-,40-,41-,42-,43-,44-,45-,46-,47-,48-,51-,52-,53-/m0/s1. The highest BCUT2D eigenvalue weighted by atomic mass is 16.4. The molecule has 0 radical (unpaired) electrons. The topological polar surface area (TPSA) is 624 Å². The summed E-state index contributed by atoms with van der Waals surface area (Å²) in [5, 5.41) is 85.3. The van der Waals surface area contributed by atoms with Gasteiger partial charge in [0.2, 0.25) is 76.8 Å². The highest BCUT2D eigenvalue weighted by molar-refractivity contribution is 6.01. The number of nitrogens with two attached hydrogens (primary N) is 4. The Morgan fingerprint density at radius 2 is 0.943 bits per heavy atom. The van der Waals surface area contributed by atoms with E-state index >= 15 is 0 Å². The first-order valence-corrected chi connectivity index (χ1v) is 35.7. The Morgan fingerprint density at radius 3 is 1.45 bits per heavy atom. The molecule has 3 saturated heterocycles. The number of benzene rings is 1. The van der Waals surface area contributed by atoms with Crippen LogP contribution in [0.1, 0.15) is 130 Å². The molecule has 3 aliphatic heterocycles. The fourth-order valence-corrected chi connectivity index (χ4v) is 12.4. The van der Waals surface area contributed by atoms with E-state index in [0.717, 1.165) is 11.8 Å². The summed E-state index contributed by atoms with van der Waals surface area (Å²) in [6.07, 6.45) is -0.413. The second kappa shape index (κ2) is 44.3. The van der Waals surface area contributed by atoms with Crippen LogP contribution in [0.4, 0.5) is 0 Å². The first-order chi connectivity index (χ1) is 50.3.